The Morgan fingerprint density at radius 2 is 1.25 bits per heavy atom. The molecule has 4 heteroatoms. The third-order valence-electron chi connectivity index (χ3n) is 0. The Balaban J connectivity index is -0.00000000500. The fourth-order valence-corrected chi connectivity index (χ4v) is 0. The average Bonchev–Trinajstić information content (AvgIpc) is 1.00. The van der Waals surface area contributed by atoms with Gasteiger partial charge in [0, 0.05) is 37.3 Å². The summed E-state index contributed by atoms with van der Waals surface area (Å²) in [5, 5.41) is 0. The van der Waals surface area contributed by atoms with Crippen molar-refractivity contribution in [3.05, 3.63) is 0 Å². The molecule has 0 saturated carbocycles. The van der Waals surface area contributed by atoms with Crippen molar-refractivity contribution in [3.63, 3.8) is 0 Å². The Hall–Kier alpha value is 2.54. The van der Waals surface area contributed by atoms with Gasteiger partial charge >= 0.3 is 47.7 Å². The van der Waals surface area contributed by atoms with E-state index in [-0.39, 0.29) is 81.4 Å². The van der Waals surface area contributed by atoms with Gasteiger partial charge in [0.25, 0.3) is 0 Å². The van der Waals surface area contributed by atoms with E-state index in [0.29, 0.717) is 0 Å². The van der Waals surface area contributed by atoms with E-state index >= 15 is 0 Å². The van der Waals surface area contributed by atoms with Crippen LogP contribution in [-0.2, 0) is 21.8 Å². The molecule has 0 rings (SSSR count). The second kappa shape index (κ2) is 17.7. The van der Waals surface area contributed by atoms with Gasteiger partial charge in [-0.25, -0.2) is 0 Å². The number of rotatable bonds is 0. The molecule has 26 valence electrons. The fourth-order valence-electron chi connectivity index (χ4n) is 0. The van der Waals surface area contributed by atoms with Gasteiger partial charge in [-0.05, 0) is 0 Å². The molecule has 0 fully saturated rings. The molecule has 0 saturated heterocycles. The van der Waals surface area contributed by atoms with Crippen LogP contribution in [0.15, 0.2) is 0 Å². The minimum atomic E-state index is 0. The Kier molecular flexibility index (Phi) is 70.9. The monoisotopic (exact) mass is 364 g/mol. The molecule has 0 aromatic rings. The molecule has 0 aliphatic carbocycles. The van der Waals surface area contributed by atoms with E-state index in [0.717, 1.165) is 0 Å². The normalized spacial score (nSPS) is 1.50. The maximum atomic E-state index is 8.38. The fraction of sp³-hybridized carbons (Fsp3) is 0. The molecule has 0 radical (unpaired) electrons. The quantitative estimate of drug-likeness (QED) is 0.487. The summed E-state index contributed by atoms with van der Waals surface area (Å²) >= 11 is 0.125. The molecule has 4 heavy (non-hydrogen) atoms. The van der Waals surface area contributed by atoms with Crippen LogP contribution in [0.2, 0.25) is 0 Å². The van der Waals surface area contributed by atoms with Gasteiger partial charge in [-0.2, -0.15) is 0 Å². The van der Waals surface area contributed by atoms with Crippen LogP contribution in [0.4, 0.5) is 0 Å². The summed E-state index contributed by atoms with van der Waals surface area (Å²) in [6.45, 7) is 0. The van der Waals surface area contributed by atoms with Crippen molar-refractivity contribution in [2.75, 3.05) is 0 Å². The molecule has 0 aliphatic rings. The van der Waals surface area contributed by atoms with Crippen LogP contribution in [0.3, 0.4) is 0 Å². The molecule has 0 spiro atoms. The third kappa shape index (κ3) is 8.82. The molecule has 0 atom stereocenters. The first-order valence-electron chi connectivity index (χ1n) is 0.289. The van der Waals surface area contributed by atoms with Crippen LogP contribution >= 0.6 is 0 Å². The predicted octanol–water partition coefficient (Wildman–Crippen LogP) is -1.31. The van der Waals surface area contributed by atoms with Crippen LogP contribution in [0, 0.1) is 37.3 Å². The van der Waals surface area contributed by atoms with Crippen molar-refractivity contribution in [3.8, 4) is 0 Å². The average molecular weight is 366 g/mol. The van der Waals surface area contributed by atoms with E-state index in [1.807, 2.05) is 0 Å². The number of hydrogen-bond donors (Lipinski definition) is 0. The van der Waals surface area contributed by atoms with E-state index < -0.39 is 0 Å². The second-order valence-corrected chi connectivity index (χ2v) is 0. The van der Waals surface area contributed by atoms with E-state index in [4.69, 9.17) is 3.57 Å². The van der Waals surface area contributed by atoms with Crippen molar-refractivity contribution >= 4 is 25.8 Å². The first-order valence-corrected chi connectivity index (χ1v) is 1.50. The van der Waals surface area contributed by atoms with Gasteiger partial charge in [0.2, 0.25) is 0 Å². The van der Waals surface area contributed by atoms with E-state index in [1.54, 1.807) is 0 Å². The standard InChI is InChI=1S/Er.In.O.Zn.3H. The molecule has 1 nitrogen and oxygen atoms in total. The zero-order chi connectivity index (χ0) is 2.00. The summed E-state index contributed by atoms with van der Waals surface area (Å²) in [6.07, 6.45) is 0. The Labute approximate surface area is 83.2 Å². The number of hydrogen-bond acceptors (Lipinski definition) is 1. The Morgan fingerprint density at radius 1 is 1.25 bits per heavy atom. The minimum absolute atomic E-state index is 0. The SMILES string of the molecule is [Er].[InH3].[O]=[Zn]. The van der Waals surface area contributed by atoms with E-state index in [1.165, 1.54) is 0 Å². The summed E-state index contributed by atoms with van der Waals surface area (Å²) < 4.78 is 8.38. The predicted molar refractivity (Wildman–Crippen MR) is 10.6 cm³/mol. The van der Waals surface area contributed by atoms with Crippen molar-refractivity contribution in [1.82, 2.24) is 0 Å². The van der Waals surface area contributed by atoms with Gasteiger partial charge in [-0.15, -0.1) is 0 Å². The molecule has 0 amide bonds. The molecule has 0 bridgehead atoms. The van der Waals surface area contributed by atoms with Gasteiger partial charge in [0.05, 0.1) is 0 Å². The maximum absolute atomic E-state index is 8.38. The van der Waals surface area contributed by atoms with Crippen LogP contribution in [0.25, 0.3) is 0 Å². The molecular formula is H3ErInOZn. The van der Waals surface area contributed by atoms with Crippen LogP contribution in [0.1, 0.15) is 0 Å². The molecule has 0 unspecified atom stereocenters. The van der Waals surface area contributed by atoms with Gasteiger partial charge in [0.15, 0.2) is 0 Å². The van der Waals surface area contributed by atoms with E-state index in [9.17, 15) is 0 Å². The van der Waals surface area contributed by atoms with Gasteiger partial charge in [-0.1, -0.05) is 0 Å². The summed E-state index contributed by atoms with van der Waals surface area (Å²) in [5.41, 5.74) is 0. The van der Waals surface area contributed by atoms with Crippen molar-refractivity contribution in [2.45, 2.75) is 0 Å². The van der Waals surface area contributed by atoms with Crippen LogP contribution < -0.4 is 0 Å². The molecule has 0 aliphatic heterocycles. The first kappa shape index (κ1) is 16.0. The van der Waals surface area contributed by atoms with Crippen molar-refractivity contribution < 1.29 is 59.1 Å². The summed E-state index contributed by atoms with van der Waals surface area (Å²) in [4.78, 5) is 0. The topological polar surface area (TPSA) is 17.1 Å². The third-order valence-corrected chi connectivity index (χ3v) is 0. The first-order chi connectivity index (χ1) is 1.00. The molecular weight excluding hydrogens is 363 g/mol. The van der Waals surface area contributed by atoms with Crippen molar-refractivity contribution in [1.29, 1.82) is 0 Å². The Bertz CT molecular complexity index is 8.00. The van der Waals surface area contributed by atoms with Crippen LogP contribution in [-0.4, -0.2) is 25.8 Å². The second-order valence-electron chi connectivity index (χ2n) is 0. The van der Waals surface area contributed by atoms with E-state index in [2.05, 4.69) is 0 Å². The zero-order valence-electron chi connectivity index (χ0n) is 1.40. The summed E-state index contributed by atoms with van der Waals surface area (Å²) in [7, 11) is 0. The van der Waals surface area contributed by atoms with Gasteiger partial charge in [-0.3, -0.25) is 0 Å². The molecule has 0 N–H and O–H groups in total. The van der Waals surface area contributed by atoms with Gasteiger partial charge in [0.1, 0.15) is 0 Å². The summed E-state index contributed by atoms with van der Waals surface area (Å²) in [5.74, 6) is 0. The molecule has 0 aromatic heterocycles. The molecule has 0 heterocycles. The summed E-state index contributed by atoms with van der Waals surface area (Å²) in [6, 6.07) is 0. The van der Waals surface area contributed by atoms with Crippen molar-refractivity contribution in [2.24, 2.45) is 0 Å². The zero-order valence-corrected chi connectivity index (χ0v) is 6.22. The van der Waals surface area contributed by atoms with Crippen LogP contribution in [0.5, 0.6) is 0 Å². The van der Waals surface area contributed by atoms with Gasteiger partial charge < -0.3 is 0 Å². The molecule has 0 aromatic carbocycles. The Morgan fingerprint density at radius 3 is 1.25 bits per heavy atom.